The van der Waals surface area contributed by atoms with Gasteiger partial charge in [0.2, 0.25) is 5.91 Å². The molecule has 452 valence electrons. The molecule has 0 aromatic heterocycles. The number of hydrogen-bond donors (Lipinski definition) is 5. The molecule has 0 aliphatic rings. The average molecular weight is 1120 g/mol. The summed E-state index contributed by atoms with van der Waals surface area (Å²) in [6.45, 7) is 7.99. The highest BCUT2D eigenvalue weighted by Crippen LogP contribution is 2.28. The van der Waals surface area contributed by atoms with Crippen LogP contribution >= 0.6 is 19.5 Å². The van der Waals surface area contributed by atoms with Gasteiger partial charge in [0.15, 0.2) is 0 Å². The molecule has 0 heterocycles. The number of carbonyl (C=O) groups excluding carboxylic acids is 3. The van der Waals surface area contributed by atoms with Crippen LogP contribution in [0.4, 0.5) is 0 Å². The van der Waals surface area contributed by atoms with E-state index in [9.17, 15) is 18.9 Å². The molecule has 0 aromatic carbocycles. The first-order chi connectivity index (χ1) is 37.0. The van der Waals surface area contributed by atoms with Gasteiger partial charge in [0.1, 0.15) is 12.7 Å². The van der Waals surface area contributed by atoms with Gasteiger partial charge in [-0.25, -0.2) is 9.65 Å². The van der Waals surface area contributed by atoms with Crippen LogP contribution in [0.3, 0.4) is 0 Å². The van der Waals surface area contributed by atoms with Gasteiger partial charge in [-0.1, -0.05) is 277 Å². The Morgan fingerprint density at radius 2 is 0.816 bits per heavy atom. The SMILES string of the molecule is CCCCCCCCCCCC(=O)OC[C@H](CSC[C@H](N)C(=O)N[C@@H](C)COCCCCCCCCCCCCCCCCCCCCCCCCCCCCCNP(=O)(O)O)OC(=O)CCCCCCCCCCC. The molecule has 0 rings (SSSR count). The van der Waals surface area contributed by atoms with Crippen molar-refractivity contribution in [3.05, 3.63) is 0 Å². The van der Waals surface area contributed by atoms with E-state index in [4.69, 9.17) is 29.7 Å². The van der Waals surface area contributed by atoms with Gasteiger partial charge < -0.3 is 35.0 Å². The van der Waals surface area contributed by atoms with E-state index in [0.717, 1.165) is 64.2 Å². The fraction of sp³-hybridized carbons (Fsp3) is 0.952. The molecule has 0 saturated heterocycles. The van der Waals surface area contributed by atoms with E-state index in [1.807, 2.05) is 6.92 Å². The van der Waals surface area contributed by atoms with Gasteiger partial charge in [-0.15, -0.1) is 0 Å². The summed E-state index contributed by atoms with van der Waals surface area (Å²) in [7, 11) is -4.05. The second-order valence-electron chi connectivity index (χ2n) is 22.6. The van der Waals surface area contributed by atoms with Crippen molar-refractivity contribution in [1.29, 1.82) is 0 Å². The lowest BCUT2D eigenvalue weighted by Gasteiger charge is -2.20. The number of rotatable bonds is 62. The van der Waals surface area contributed by atoms with Gasteiger partial charge in [-0.3, -0.25) is 14.4 Å². The van der Waals surface area contributed by atoms with E-state index >= 15 is 0 Å². The predicted molar refractivity (Wildman–Crippen MR) is 323 cm³/mol. The van der Waals surface area contributed by atoms with Crippen molar-refractivity contribution in [3.63, 3.8) is 0 Å². The minimum absolute atomic E-state index is 0.0223. The predicted octanol–water partition coefficient (Wildman–Crippen LogP) is 17.1. The van der Waals surface area contributed by atoms with Gasteiger partial charge in [-0.2, -0.15) is 11.8 Å². The third-order valence-electron chi connectivity index (χ3n) is 14.7. The first-order valence-electron chi connectivity index (χ1n) is 32.4. The summed E-state index contributed by atoms with van der Waals surface area (Å²) in [5.74, 6) is 0.0320. The average Bonchev–Trinajstić information content (AvgIpc) is 3.39. The summed E-state index contributed by atoms with van der Waals surface area (Å²) in [6.07, 6.45) is 56.5. The maximum Gasteiger partial charge on any atom is 0.400 e. The van der Waals surface area contributed by atoms with Crippen LogP contribution in [0.15, 0.2) is 0 Å². The summed E-state index contributed by atoms with van der Waals surface area (Å²) >= 11 is 1.45. The molecule has 6 N–H and O–H groups in total. The molecule has 0 spiro atoms. The van der Waals surface area contributed by atoms with Crippen molar-refractivity contribution in [3.8, 4) is 0 Å². The summed E-state index contributed by atoms with van der Waals surface area (Å²) in [5, 5.41) is 5.26. The van der Waals surface area contributed by atoms with Crippen LogP contribution in [0, 0.1) is 0 Å². The van der Waals surface area contributed by atoms with Crippen LogP contribution in [-0.4, -0.2) is 83.7 Å². The lowest BCUT2D eigenvalue weighted by molar-refractivity contribution is -0.157. The number of amides is 1. The Bertz CT molecular complexity index is 1310. The van der Waals surface area contributed by atoms with E-state index in [1.54, 1.807) is 0 Å². The zero-order chi connectivity index (χ0) is 55.7. The molecule has 76 heavy (non-hydrogen) atoms. The molecule has 0 unspecified atom stereocenters. The largest absolute Gasteiger partial charge is 0.462 e. The van der Waals surface area contributed by atoms with Crippen molar-refractivity contribution in [2.24, 2.45) is 5.73 Å². The van der Waals surface area contributed by atoms with Crippen LogP contribution in [0.5, 0.6) is 0 Å². The van der Waals surface area contributed by atoms with Crippen molar-refractivity contribution in [1.82, 2.24) is 10.4 Å². The first kappa shape index (κ1) is 74.8. The van der Waals surface area contributed by atoms with Crippen molar-refractivity contribution in [2.45, 2.75) is 341 Å². The van der Waals surface area contributed by atoms with Crippen LogP contribution in [0.25, 0.3) is 0 Å². The fourth-order valence-corrected chi connectivity index (χ4v) is 11.2. The Morgan fingerprint density at radius 3 is 1.20 bits per heavy atom. The summed E-state index contributed by atoms with van der Waals surface area (Å²) < 4.78 is 28.1. The van der Waals surface area contributed by atoms with Crippen molar-refractivity contribution < 1.29 is 42.9 Å². The van der Waals surface area contributed by atoms with Gasteiger partial charge in [0, 0.05) is 43.5 Å². The Balaban J connectivity index is 3.94. The molecule has 0 radical (unpaired) electrons. The van der Waals surface area contributed by atoms with Gasteiger partial charge >= 0.3 is 19.7 Å². The Kier molecular flexibility index (Phi) is 57.5. The molecule has 1 amide bonds. The Morgan fingerprint density at radius 1 is 0.474 bits per heavy atom. The minimum Gasteiger partial charge on any atom is -0.462 e. The maximum absolute atomic E-state index is 12.9. The highest BCUT2D eigenvalue weighted by Gasteiger charge is 2.21. The van der Waals surface area contributed by atoms with Crippen LogP contribution in [-0.2, 0) is 33.2 Å². The zero-order valence-corrected chi connectivity index (χ0v) is 51.6. The van der Waals surface area contributed by atoms with Gasteiger partial charge in [0.25, 0.3) is 0 Å². The third-order valence-corrected chi connectivity index (χ3v) is 16.5. The molecule has 12 nitrogen and oxygen atoms in total. The number of esters is 2. The molecule has 3 atom stereocenters. The summed E-state index contributed by atoms with van der Waals surface area (Å²) in [5.41, 5.74) is 6.30. The Labute approximate surface area is 472 Å². The number of hydrogen-bond acceptors (Lipinski definition) is 9. The topological polar surface area (TPSA) is 187 Å². The number of nitrogens with one attached hydrogen (secondary N) is 2. The quantitative estimate of drug-likeness (QED) is 0.0221. The number of carbonyl (C=O) groups is 3. The lowest BCUT2D eigenvalue weighted by atomic mass is 10.0. The number of ether oxygens (including phenoxy) is 3. The van der Waals surface area contributed by atoms with Crippen molar-refractivity contribution >= 4 is 37.4 Å². The van der Waals surface area contributed by atoms with Crippen LogP contribution in [0.2, 0.25) is 0 Å². The molecule has 0 bridgehead atoms. The van der Waals surface area contributed by atoms with E-state index < -0.39 is 19.9 Å². The zero-order valence-electron chi connectivity index (χ0n) is 49.9. The molecule has 0 aliphatic heterocycles. The normalized spacial score (nSPS) is 13.0. The molecule has 0 saturated carbocycles. The lowest BCUT2D eigenvalue weighted by Crippen LogP contribution is -2.47. The van der Waals surface area contributed by atoms with Gasteiger partial charge in [-0.05, 0) is 32.6 Å². The Hall–Kier alpha value is -1.21. The molecule has 0 fully saturated rings. The molecule has 0 aliphatic carbocycles. The molecular formula is C62H124N3O9PS. The number of nitrogens with two attached hydrogens (primary N) is 1. The second kappa shape index (κ2) is 58.4. The second-order valence-corrected chi connectivity index (χ2v) is 25.1. The van der Waals surface area contributed by atoms with Crippen LogP contribution in [0.1, 0.15) is 323 Å². The van der Waals surface area contributed by atoms with E-state index in [-0.39, 0.29) is 30.5 Å². The smallest absolute Gasteiger partial charge is 0.400 e. The molecule has 0 aromatic rings. The fourth-order valence-electron chi connectivity index (χ4n) is 9.81. The maximum atomic E-state index is 12.9. The number of unbranched alkanes of at least 4 members (excludes halogenated alkanes) is 42. The monoisotopic (exact) mass is 1120 g/mol. The highest BCUT2D eigenvalue weighted by atomic mass is 32.2. The van der Waals surface area contributed by atoms with Crippen molar-refractivity contribution in [2.75, 3.05) is 37.9 Å². The first-order valence-corrected chi connectivity index (χ1v) is 35.1. The van der Waals surface area contributed by atoms with Crippen LogP contribution < -0.4 is 16.1 Å². The van der Waals surface area contributed by atoms with E-state index in [1.165, 1.54) is 236 Å². The minimum atomic E-state index is -4.05. The summed E-state index contributed by atoms with van der Waals surface area (Å²) in [4.78, 5) is 56.0. The molecule has 14 heteroatoms. The standard InChI is InChI=1S/C62H124N3O9PS/c1-4-6-8-10-12-33-37-41-45-49-60(66)73-54-58(74-61(67)50-46-42-38-34-13-11-9-7-5-2)55-76-56-59(63)62(68)65-57(3)53-72-52-48-44-40-36-32-30-28-26-24-22-20-18-16-14-15-17-19-21-23-25-27-29-31-35-39-43-47-51-64-75(69,70)71/h57-59H,4-56,63H2,1-3H3,(H,65,68)(H3,64,69,70,71)/t57-,58+,59-/m0/s1. The number of thioether (sulfide) groups is 1. The highest BCUT2D eigenvalue weighted by molar-refractivity contribution is 7.99. The van der Waals surface area contributed by atoms with E-state index in [2.05, 4.69) is 24.3 Å². The summed E-state index contributed by atoms with van der Waals surface area (Å²) in [6, 6.07) is -0.860. The van der Waals surface area contributed by atoms with Gasteiger partial charge in [0.05, 0.1) is 12.6 Å². The third kappa shape index (κ3) is 58.9. The van der Waals surface area contributed by atoms with E-state index in [0.29, 0.717) is 44.1 Å². The molecular weight excluding hydrogens is 994 g/mol.